The number of nitrogens with one attached hydrogen (secondary N) is 3. The molecule has 46 heavy (non-hydrogen) atoms. The number of aromatic nitrogens is 3. The van der Waals surface area contributed by atoms with E-state index in [0.717, 1.165) is 5.69 Å². The van der Waals surface area contributed by atoms with Crippen molar-refractivity contribution in [2.75, 3.05) is 48.8 Å². The zero-order valence-electron chi connectivity index (χ0n) is 26.7. The van der Waals surface area contributed by atoms with Crippen molar-refractivity contribution in [2.45, 2.75) is 50.4 Å². The number of pyridine rings is 1. The molecule has 1 amide bonds. The first-order valence-electron chi connectivity index (χ1n) is 14.9. The van der Waals surface area contributed by atoms with Crippen LogP contribution in [0.15, 0.2) is 64.4 Å². The van der Waals surface area contributed by atoms with E-state index in [9.17, 15) is 18.0 Å². The molecule has 2 aromatic carbocycles. The number of aromatic amines is 1. The first-order valence-corrected chi connectivity index (χ1v) is 16.5. The highest BCUT2D eigenvalue weighted by atomic mass is 32.2. The second kappa shape index (κ2) is 12.9. The summed E-state index contributed by atoms with van der Waals surface area (Å²) in [5.41, 5.74) is 0.828. The predicted molar refractivity (Wildman–Crippen MR) is 179 cm³/mol. The number of benzene rings is 2. The molecule has 14 heteroatoms. The fourth-order valence-electron chi connectivity index (χ4n) is 5.07. The quantitative estimate of drug-likeness (QED) is 0.234. The molecule has 13 nitrogen and oxygen atoms in total. The number of ether oxygens (including phenoxy) is 2. The maximum Gasteiger partial charge on any atom is 0.410 e. The summed E-state index contributed by atoms with van der Waals surface area (Å²) in [5.74, 6) is 1.05. The van der Waals surface area contributed by atoms with Crippen LogP contribution in [-0.4, -0.2) is 78.7 Å². The molecule has 0 aliphatic carbocycles. The fraction of sp³-hybridized carbons (Fsp3) is 0.375. The topological polar surface area (TPSA) is 159 Å². The Bertz CT molecular complexity index is 1910. The molecule has 3 heterocycles. The molecule has 0 saturated carbocycles. The van der Waals surface area contributed by atoms with Crippen LogP contribution in [0.2, 0.25) is 0 Å². The smallest absolute Gasteiger partial charge is 0.410 e. The van der Waals surface area contributed by atoms with Gasteiger partial charge in [-0.3, -0.25) is 4.79 Å². The third-order valence-electron chi connectivity index (χ3n) is 7.46. The lowest BCUT2D eigenvalue weighted by Gasteiger charge is -2.37. The summed E-state index contributed by atoms with van der Waals surface area (Å²) in [6.45, 7) is 11.1. The molecule has 0 atom stereocenters. The number of para-hydroxylation sites is 1. The first-order chi connectivity index (χ1) is 21.8. The highest BCUT2D eigenvalue weighted by molar-refractivity contribution is 7.92. The van der Waals surface area contributed by atoms with Crippen molar-refractivity contribution < 1.29 is 22.7 Å². The van der Waals surface area contributed by atoms with E-state index >= 15 is 0 Å². The number of sulfone groups is 1. The molecule has 3 N–H and O–H groups in total. The third kappa shape index (κ3) is 7.01. The van der Waals surface area contributed by atoms with E-state index in [1.54, 1.807) is 56.2 Å². The number of carbonyl (C=O) groups is 1. The second-order valence-corrected chi connectivity index (χ2v) is 14.7. The van der Waals surface area contributed by atoms with Crippen molar-refractivity contribution in [3.63, 3.8) is 0 Å². The minimum absolute atomic E-state index is 0.148. The van der Waals surface area contributed by atoms with Gasteiger partial charge in [0.05, 0.1) is 40.2 Å². The van der Waals surface area contributed by atoms with Crippen molar-refractivity contribution >= 4 is 55.4 Å². The number of fused-ring (bicyclic) bond motifs is 1. The summed E-state index contributed by atoms with van der Waals surface area (Å²) in [4.78, 5) is 34.1. The average Bonchev–Trinajstić information content (AvgIpc) is 3.00. The molecule has 1 aliphatic rings. The maximum atomic E-state index is 13.0. The number of H-pyrrole nitrogens is 1. The van der Waals surface area contributed by atoms with Crippen molar-refractivity contribution in [3.05, 3.63) is 65.1 Å². The van der Waals surface area contributed by atoms with Gasteiger partial charge in [-0.25, -0.2) is 23.3 Å². The second-order valence-electron chi connectivity index (χ2n) is 12.2. The molecule has 1 saturated heterocycles. The average molecular weight is 650 g/mol. The van der Waals surface area contributed by atoms with Crippen LogP contribution in [0.25, 0.3) is 10.8 Å². The van der Waals surface area contributed by atoms with Crippen molar-refractivity contribution in [1.29, 1.82) is 0 Å². The van der Waals surface area contributed by atoms with E-state index in [1.165, 1.54) is 6.20 Å². The lowest BCUT2D eigenvalue weighted by Crippen LogP contribution is -2.50. The zero-order valence-corrected chi connectivity index (χ0v) is 27.6. The van der Waals surface area contributed by atoms with Gasteiger partial charge >= 0.3 is 6.09 Å². The lowest BCUT2D eigenvalue weighted by molar-refractivity contribution is 0.0240. The summed E-state index contributed by atoms with van der Waals surface area (Å²) in [6.07, 6.45) is 1.18. The van der Waals surface area contributed by atoms with Crippen LogP contribution in [0.1, 0.15) is 34.6 Å². The van der Waals surface area contributed by atoms with Crippen LogP contribution in [0.4, 0.5) is 33.5 Å². The summed E-state index contributed by atoms with van der Waals surface area (Å²) in [7, 11) is -2.04. The molecule has 0 unspecified atom stereocenters. The third-order valence-corrected chi connectivity index (χ3v) is 9.67. The Labute approximate surface area is 267 Å². The predicted octanol–water partition coefficient (Wildman–Crippen LogP) is 5.05. The van der Waals surface area contributed by atoms with Crippen LogP contribution in [0, 0.1) is 0 Å². The highest BCUT2D eigenvalue weighted by Gasteiger charge is 2.27. The van der Waals surface area contributed by atoms with Gasteiger partial charge in [-0.2, -0.15) is 5.10 Å². The number of hydrogen-bond acceptors (Lipinski definition) is 11. The minimum atomic E-state index is -3.59. The number of rotatable bonds is 8. The molecule has 0 radical (unpaired) electrons. The number of anilines is 5. The summed E-state index contributed by atoms with van der Waals surface area (Å²) >= 11 is 0. The molecule has 1 aliphatic heterocycles. The molecule has 0 bridgehead atoms. The molecule has 5 rings (SSSR count). The van der Waals surface area contributed by atoms with Gasteiger partial charge in [0.25, 0.3) is 5.56 Å². The van der Waals surface area contributed by atoms with Crippen molar-refractivity contribution in [1.82, 2.24) is 20.1 Å². The molecule has 2 aromatic heterocycles. The number of amides is 1. The number of carbonyl (C=O) groups excluding carboxylic acids is 1. The summed E-state index contributed by atoms with van der Waals surface area (Å²) in [5, 5.41) is 12.9. The molecule has 1 fully saturated rings. The van der Waals surface area contributed by atoms with Crippen LogP contribution in [-0.2, 0) is 14.6 Å². The van der Waals surface area contributed by atoms with E-state index in [0.29, 0.717) is 54.5 Å². The van der Waals surface area contributed by atoms with E-state index in [1.807, 2.05) is 39.0 Å². The normalized spacial score (nSPS) is 14.0. The number of methoxy groups -OCH3 is 1. The monoisotopic (exact) mass is 649 g/mol. The Balaban J connectivity index is 1.43. The molecule has 244 valence electrons. The highest BCUT2D eigenvalue weighted by Crippen LogP contribution is 2.35. The van der Waals surface area contributed by atoms with E-state index in [4.69, 9.17) is 9.47 Å². The number of hydrogen-bond donors (Lipinski definition) is 3. The number of nitrogens with zero attached hydrogens (tertiary/aromatic N) is 4. The molecular formula is C32H39N7O6S. The zero-order chi connectivity index (χ0) is 33.2. The van der Waals surface area contributed by atoms with Crippen LogP contribution in [0.5, 0.6) is 5.75 Å². The minimum Gasteiger partial charge on any atom is -0.494 e. The Hall–Kier alpha value is -4.85. The van der Waals surface area contributed by atoms with Crippen LogP contribution < -0.4 is 25.8 Å². The lowest BCUT2D eigenvalue weighted by atomic mass is 10.2. The van der Waals surface area contributed by atoms with Crippen LogP contribution >= 0.6 is 0 Å². The Morgan fingerprint density at radius 3 is 2.39 bits per heavy atom. The van der Waals surface area contributed by atoms with Gasteiger partial charge in [-0.15, -0.1) is 0 Å². The van der Waals surface area contributed by atoms with Crippen LogP contribution in [0.3, 0.4) is 0 Å². The van der Waals surface area contributed by atoms with E-state index in [2.05, 4.69) is 30.7 Å². The van der Waals surface area contributed by atoms with Crippen molar-refractivity contribution in [3.8, 4) is 5.75 Å². The van der Waals surface area contributed by atoms with E-state index in [-0.39, 0.29) is 22.2 Å². The Morgan fingerprint density at radius 2 is 1.72 bits per heavy atom. The maximum absolute atomic E-state index is 13.0. The first kappa shape index (κ1) is 32.5. The molecule has 0 spiro atoms. The largest absolute Gasteiger partial charge is 0.494 e. The van der Waals surface area contributed by atoms with E-state index < -0.39 is 26.2 Å². The fourth-order valence-corrected chi connectivity index (χ4v) is 6.27. The van der Waals surface area contributed by atoms with Crippen molar-refractivity contribution in [2.24, 2.45) is 0 Å². The Morgan fingerprint density at radius 1 is 1.00 bits per heavy atom. The van der Waals surface area contributed by atoms with Gasteiger partial charge < -0.3 is 29.9 Å². The van der Waals surface area contributed by atoms with Gasteiger partial charge in [0.15, 0.2) is 9.84 Å². The number of piperazine rings is 1. The molecule has 4 aromatic rings. The van der Waals surface area contributed by atoms with Gasteiger partial charge in [0.1, 0.15) is 23.0 Å². The van der Waals surface area contributed by atoms with Gasteiger partial charge in [-0.05, 0) is 65.0 Å². The van der Waals surface area contributed by atoms with Gasteiger partial charge in [0.2, 0.25) is 0 Å². The Kier molecular flexibility index (Phi) is 9.10. The SMILES string of the molecule is COc1cc(N2CCN(C(=O)OC(C)(C)C)CC2)ccc1Nc1nc(Nc2ccccc2S(=O)(=O)C(C)C)cc2cn[nH]c(=O)c12. The standard InChI is InChI=1S/C32H39N7O6S/c1-20(2)46(42,43)26-10-8-7-9-24(26)34-27-17-21-19-33-37-30(40)28(21)29(36-27)35-23-12-11-22(18-25(23)44-6)38-13-15-39(16-14-38)31(41)45-32(3,4)5/h7-12,17-20H,13-16H2,1-6H3,(H,37,40)(H2,34,35,36). The van der Waals surface area contributed by atoms with Gasteiger partial charge in [-0.1, -0.05) is 12.1 Å². The summed E-state index contributed by atoms with van der Waals surface area (Å²) in [6, 6.07) is 13.9. The van der Waals surface area contributed by atoms with Gasteiger partial charge in [0, 0.05) is 43.3 Å². The summed E-state index contributed by atoms with van der Waals surface area (Å²) < 4.78 is 37.3. The molecular weight excluding hydrogens is 610 g/mol.